The van der Waals surface area contributed by atoms with E-state index in [9.17, 15) is 4.39 Å². The van der Waals surface area contributed by atoms with Gasteiger partial charge in [0.1, 0.15) is 0 Å². The maximum absolute atomic E-state index is 12.1. The minimum atomic E-state index is -0.315. The van der Waals surface area contributed by atoms with Gasteiger partial charge in [-0.1, -0.05) is 15.9 Å². The van der Waals surface area contributed by atoms with Gasteiger partial charge in [-0.3, -0.25) is 4.39 Å². The lowest BCUT2D eigenvalue weighted by atomic mass is 10.2. The molecule has 1 heterocycles. The first-order chi connectivity index (χ1) is 8.20. The first-order valence-electron chi connectivity index (χ1n) is 5.40. The number of alkyl halides is 1. The molecule has 0 radical (unpaired) electrons. The van der Waals surface area contributed by atoms with Gasteiger partial charge < -0.3 is 4.90 Å². The molecule has 2 rings (SSSR count). The third-order valence-corrected chi connectivity index (χ3v) is 2.99. The fourth-order valence-electron chi connectivity index (χ4n) is 1.58. The lowest BCUT2D eigenvalue weighted by molar-refractivity contribution is 0.473. The van der Waals surface area contributed by atoms with Crippen molar-refractivity contribution in [2.24, 2.45) is 0 Å². The predicted octanol–water partition coefficient (Wildman–Crippen LogP) is 3.19. The number of rotatable bonds is 4. The van der Waals surface area contributed by atoms with Crippen molar-refractivity contribution < 1.29 is 4.39 Å². The van der Waals surface area contributed by atoms with Crippen molar-refractivity contribution in [2.45, 2.75) is 6.42 Å². The molecule has 2 aromatic rings. The van der Waals surface area contributed by atoms with Crippen LogP contribution in [0.25, 0.3) is 10.9 Å². The SMILES string of the molecule is CN(CCCF)c1ncc2cc(Br)ccc2n1. The van der Waals surface area contributed by atoms with Gasteiger partial charge in [0.05, 0.1) is 12.2 Å². The highest BCUT2D eigenvalue weighted by Crippen LogP contribution is 2.19. The van der Waals surface area contributed by atoms with Crippen LogP contribution in [-0.4, -0.2) is 30.2 Å². The van der Waals surface area contributed by atoms with Gasteiger partial charge in [-0.25, -0.2) is 9.97 Å². The minimum Gasteiger partial charge on any atom is -0.344 e. The number of hydrogen-bond donors (Lipinski definition) is 0. The van der Waals surface area contributed by atoms with Crippen molar-refractivity contribution in [3.05, 3.63) is 28.9 Å². The number of aromatic nitrogens is 2. The Morgan fingerprint density at radius 1 is 1.41 bits per heavy atom. The highest BCUT2D eigenvalue weighted by atomic mass is 79.9. The number of benzene rings is 1. The van der Waals surface area contributed by atoms with Crippen LogP contribution in [0.15, 0.2) is 28.9 Å². The van der Waals surface area contributed by atoms with Crippen LogP contribution in [0.4, 0.5) is 10.3 Å². The van der Waals surface area contributed by atoms with Crippen molar-refractivity contribution in [1.29, 1.82) is 0 Å². The largest absolute Gasteiger partial charge is 0.344 e. The fraction of sp³-hybridized carbons (Fsp3) is 0.333. The van der Waals surface area contributed by atoms with Crippen molar-refractivity contribution in [3.8, 4) is 0 Å². The summed E-state index contributed by atoms with van der Waals surface area (Å²) < 4.78 is 13.1. The summed E-state index contributed by atoms with van der Waals surface area (Å²) in [7, 11) is 1.87. The molecule has 0 spiro atoms. The second-order valence-corrected chi connectivity index (χ2v) is 4.75. The zero-order valence-electron chi connectivity index (χ0n) is 9.53. The highest BCUT2D eigenvalue weighted by molar-refractivity contribution is 9.10. The van der Waals surface area contributed by atoms with E-state index in [2.05, 4.69) is 25.9 Å². The van der Waals surface area contributed by atoms with E-state index in [1.807, 2.05) is 30.1 Å². The van der Waals surface area contributed by atoms with Crippen LogP contribution in [0, 0.1) is 0 Å². The Kier molecular flexibility index (Phi) is 3.89. The molecular formula is C12H13BrFN3. The monoisotopic (exact) mass is 297 g/mol. The Bertz CT molecular complexity index is 518. The van der Waals surface area contributed by atoms with Crippen LogP contribution < -0.4 is 4.90 Å². The Labute approximate surface area is 108 Å². The molecule has 0 saturated heterocycles. The van der Waals surface area contributed by atoms with Gasteiger partial charge in [-0.15, -0.1) is 0 Å². The smallest absolute Gasteiger partial charge is 0.225 e. The van der Waals surface area contributed by atoms with Gasteiger partial charge in [-0.2, -0.15) is 0 Å². The Balaban J connectivity index is 2.28. The molecule has 0 bridgehead atoms. The molecule has 0 amide bonds. The Morgan fingerprint density at radius 2 is 2.24 bits per heavy atom. The van der Waals surface area contributed by atoms with Crippen LogP contribution >= 0.6 is 15.9 Å². The topological polar surface area (TPSA) is 29.0 Å². The second-order valence-electron chi connectivity index (χ2n) is 3.84. The average molecular weight is 298 g/mol. The van der Waals surface area contributed by atoms with E-state index in [0.717, 1.165) is 15.4 Å². The van der Waals surface area contributed by atoms with Crippen molar-refractivity contribution in [1.82, 2.24) is 9.97 Å². The molecule has 0 atom stereocenters. The molecule has 0 aliphatic heterocycles. The Morgan fingerprint density at radius 3 is 3.00 bits per heavy atom. The first-order valence-corrected chi connectivity index (χ1v) is 6.19. The lowest BCUT2D eigenvalue weighted by Gasteiger charge is -2.16. The molecule has 0 N–H and O–H groups in total. The summed E-state index contributed by atoms with van der Waals surface area (Å²) in [6, 6.07) is 5.86. The molecular weight excluding hydrogens is 285 g/mol. The summed E-state index contributed by atoms with van der Waals surface area (Å²) in [5.41, 5.74) is 0.894. The average Bonchev–Trinajstić information content (AvgIpc) is 2.35. The molecule has 0 aliphatic carbocycles. The standard InChI is InChI=1S/C12H13BrFN3/c1-17(6-2-5-14)12-15-8-9-7-10(13)3-4-11(9)16-12/h3-4,7-8H,2,5-6H2,1H3. The lowest BCUT2D eigenvalue weighted by Crippen LogP contribution is -2.21. The summed E-state index contributed by atoms with van der Waals surface area (Å²) in [5, 5.41) is 0.988. The quantitative estimate of drug-likeness (QED) is 0.868. The maximum atomic E-state index is 12.1. The van der Waals surface area contributed by atoms with Crippen LogP contribution in [0.2, 0.25) is 0 Å². The van der Waals surface area contributed by atoms with Gasteiger partial charge in [0.2, 0.25) is 5.95 Å². The van der Waals surface area contributed by atoms with Crippen molar-refractivity contribution in [2.75, 3.05) is 25.2 Å². The van der Waals surface area contributed by atoms with E-state index in [1.165, 1.54) is 0 Å². The summed E-state index contributed by atoms with van der Waals surface area (Å²) in [5.74, 6) is 0.633. The van der Waals surface area contributed by atoms with E-state index in [0.29, 0.717) is 18.9 Å². The number of fused-ring (bicyclic) bond motifs is 1. The maximum Gasteiger partial charge on any atom is 0.225 e. The molecule has 5 heteroatoms. The van der Waals surface area contributed by atoms with E-state index >= 15 is 0 Å². The van der Waals surface area contributed by atoms with Crippen LogP contribution in [0.5, 0.6) is 0 Å². The third-order valence-electron chi connectivity index (χ3n) is 2.50. The molecule has 0 unspecified atom stereocenters. The number of halogens is 2. The fourth-order valence-corrected chi connectivity index (χ4v) is 1.95. The predicted molar refractivity (Wildman–Crippen MR) is 71.1 cm³/mol. The zero-order chi connectivity index (χ0) is 12.3. The van der Waals surface area contributed by atoms with E-state index < -0.39 is 0 Å². The highest BCUT2D eigenvalue weighted by Gasteiger charge is 2.05. The first kappa shape index (κ1) is 12.2. The second kappa shape index (κ2) is 5.40. The summed E-state index contributed by atoms with van der Waals surface area (Å²) in [6.45, 7) is 0.309. The summed E-state index contributed by atoms with van der Waals surface area (Å²) in [4.78, 5) is 10.6. The summed E-state index contributed by atoms with van der Waals surface area (Å²) in [6.07, 6.45) is 2.28. The number of nitrogens with zero attached hydrogens (tertiary/aromatic N) is 3. The van der Waals surface area contributed by atoms with E-state index in [-0.39, 0.29) is 6.67 Å². The molecule has 3 nitrogen and oxygen atoms in total. The van der Waals surface area contributed by atoms with Crippen molar-refractivity contribution in [3.63, 3.8) is 0 Å². The number of hydrogen-bond acceptors (Lipinski definition) is 3. The van der Waals surface area contributed by atoms with Crippen LogP contribution in [0.3, 0.4) is 0 Å². The Hall–Kier alpha value is -1.23. The molecule has 1 aromatic heterocycles. The van der Waals surface area contributed by atoms with Gasteiger partial charge >= 0.3 is 0 Å². The molecule has 17 heavy (non-hydrogen) atoms. The van der Waals surface area contributed by atoms with Gasteiger partial charge in [-0.05, 0) is 24.6 Å². The van der Waals surface area contributed by atoms with Crippen LogP contribution in [-0.2, 0) is 0 Å². The van der Waals surface area contributed by atoms with Crippen LogP contribution in [0.1, 0.15) is 6.42 Å². The molecule has 0 fully saturated rings. The van der Waals surface area contributed by atoms with Gasteiger partial charge in [0, 0.05) is 29.6 Å². The third kappa shape index (κ3) is 2.91. The van der Waals surface area contributed by atoms with E-state index in [4.69, 9.17) is 0 Å². The number of anilines is 1. The summed E-state index contributed by atoms with van der Waals surface area (Å²) >= 11 is 3.41. The normalized spacial score (nSPS) is 10.8. The van der Waals surface area contributed by atoms with Gasteiger partial charge in [0.15, 0.2) is 0 Å². The van der Waals surface area contributed by atoms with Gasteiger partial charge in [0.25, 0.3) is 0 Å². The molecule has 0 aliphatic rings. The zero-order valence-corrected chi connectivity index (χ0v) is 11.1. The molecule has 0 saturated carbocycles. The molecule has 1 aromatic carbocycles. The minimum absolute atomic E-state index is 0.315. The molecule has 90 valence electrons. The van der Waals surface area contributed by atoms with E-state index in [1.54, 1.807) is 6.20 Å². The van der Waals surface area contributed by atoms with Crippen molar-refractivity contribution >= 4 is 32.8 Å².